The summed E-state index contributed by atoms with van der Waals surface area (Å²) in [6.45, 7) is 0.561. The molecule has 0 amide bonds. The van der Waals surface area contributed by atoms with E-state index in [1.165, 1.54) is 4.88 Å². The van der Waals surface area contributed by atoms with Gasteiger partial charge >= 0.3 is 5.97 Å². The zero-order valence-electron chi connectivity index (χ0n) is 8.84. The highest BCUT2D eigenvalue weighted by atomic mass is 32.1. The Morgan fingerprint density at radius 2 is 2.35 bits per heavy atom. The molecule has 5 heteroatoms. The summed E-state index contributed by atoms with van der Waals surface area (Å²) in [5, 5.41) is 8.94. The van der Waals surface area contributed by atoms with Crippen LogP contribution >= 0.6 is 11.3 Å². The summed E-state index contributed by atoms with van der Waals surface area (Å²) in [4.78, 5) is 16.4. The van der Waals surface area contributed by atoms with Crippen LogP contribution in [-0.2, 0) is 6.42 Å². The molecule has 86 valence electrons. The third-order valence-corrected chi connectivity index (χ3v) is 3.60. The van der Waals surface area contributed by atoms with Crippen LogP contribution in [0.3, 0.4) is 0 Å². The van der Waals surface area contributed by atoms with Crippen LogP contribution in [0.1, 0.15) is 15.2 Å². The van der Waals surface area contributed by atoms with Crippen LogP contribution in [0.5, 0.6) is 5.75 Å². The third kappa shape index (κ3) is 1.68. The molecule has 0 aliphatic carbocycles. The number of aromatic carboxylic acids is 1. The van der Waals surface area contributed by atoms with E-state index in [0.29, 0.717) is 12.4 Å². The molecule has 1 aromatic heterocycles. The molecule has 0 saturated carbocycles. The maximum Gasteiger partial charge on any atom is 0.335 e. The number of carbonyl (C=O) groups is 1. The number of hydrogen-bond donors (Lipinski definition) is 1. The van der Waals surface area contributed by atoms with Crippen molar-refractivity contribution in [2.75, 3.05) is 6.61 Å². The number of ether oxygens (including phenoxy) is 1. The van der Waals surface area contributed by atoms with Crippen LogP contribution in [0.4, 0.5) is 0 Å². The lowest BCUT2D eigenvalue weighted by Gasteiger charge is -2.07. The van der Waals surface area contributed by atoms with Crippen molar-refractivity contribution in [3.63, 3.8) is 0 Å². The molecule has 17 heavy (non-hydrogen) atoms. The van der Waals surface area contributed by atoms with Crippen molar-refractivity contribution in [3.8, 4) is 17.0 Å². The molecule has 0 bridgehead atoms. The number of benzene rings is 1. The van der Waals surface area contributed by atoms with Crippen molar-refractivity contribution in [2.45, 2.75) is 6.42 Å². The minimum atomic E-state index is -0.945. The molecule has 0 atom stereocenters. The Morgan fingerprint density at radius 3 is 3.18 bits per heavy atom. The summed E-state index contributed by atoms with van der Waals surface area (Å²) in [6.07, 6.45) is 0.817. The first-order chi connectivity index (χ1) is 8.25. The van der Waals surface area contributed by atoms with Crippen LogP contribution in [0.15, 0.2) is 23.7 Å². The molecule has 0 spiro atoms. The Balaban J connectivity index is 2.18. The standard InChI is InChI=1S/C12H9NO3S/c14-12(15)7-1-2-8-9(5-7)16-4-3-10-11(8)13-6-17-10/h1-2,5-6H,3-4H2,(H,14,15). The second kappa shape index (κ2) is 3.85. The van der Waals surface area contributed by atoms with Crippen molar-refractivity contribution in [2.24, 2.45) is 0 Å². The highest BCUT2D eigenvalue weighted by Gasteiger charge is 2.19. The molecule has 0 fully saturated rings. The van der Waals surface area contributed by atoms with Crippen LogP contribution < -0.4 is 4.74 Å². The van der Waals surface area contributed by atoms with Gasteiger partial charge in [0.2, 0.25) is 0 Å². The molecule has 2 heterocycles. The topological polar surface area (TPSA) is 59.4 Å². The molecule has 1 aliphatic heterocycles. The zero-order valence-corrected chi connectivity index (χ0v) is 9.66. The van der Waals surface area contributed by atoms with Gasteiger partial charge in [0, 0.05) is 16.9 Å². The quantitative estimate of drug-likeness (QED) is 0.840. The SMILES string of the molecule is O=C(O)c1ccc2c(c1)OCCc1scnc1-2. The van der Waals surface area contributed by atoms with Gasteiger partial charge in [-0.15, -0.1) is 11.3 Å². The van der Waals surface area contributed by atoms with Gasteiger partial charge in [-0.05, 0) is 18.2 Å². The van der Waals surface area contributed by atoms with Gasteiger partial charge in [0.15, 0.2) is 0 Å². The van der Waals surface area contributed by atoms with Gasteiger partial charge in [-0.3, -0.25) is 0 Å². The Bertz CT molecular complexity index is 591. The maximum absolute atomic E-state index is 10.9. The van der Waals surface area contributed by atoms with E-state index in [2.05, 4.69) is 4.98 Å². The van der Waals surface area contributed by atoms with Gasteiger partial charge in [0.25, 0.3) is 0 Å². The highest BCUT2D eigenvalue weighted by molar-refractivity contribution is 7.10. The first-order valence-corrected chi connectivity index (χ1v) is 6.06. The Labute approximate surface area is 102 Å². The van der Waals surface area contributed by atoms with E-state index in [-0.39, 0.29) is 5.56 Å². The smallest absolute Gasteiger partial charge is 0.335 e. The number of aromatic nitrogens is 1. The Hall–Kier alpha value is -1.88. The molecule has 4 nitrogen and oxygen atoms in total. The van der Waals surface area contributed by atoms with E-state index in [4.69, 9.17) is 9.84 Å². The molecule has 1 aliphatic rings. The van der Waals surface area contributed by atoms with Crippen LogP contribution in [0.25, 0.3) is 11.3 Å². The zero-order chi connectivity index (χ0) is 11.8. The summed E-state index contributed by atoms with van der Waals surface area (Å²) < 4.78 is 5.58. The van der Waals surface area contributed by atoms with Crippen molar-refractivity contribution in [3.05, 3.63) is 34.2 Å². The summed E-state index contributed by atoms with van der Waals surface area (Å²) >= 11 is 1.61. The van der Waals surface area contributed by atoms with Gasteiger partial charge in [-0.2, -0.15) is 0 Å². The summed E-state index contributed by atoms with van der Waals surface area (Å²) in [6, 6.07) is 4.91. The van der Waals surface area contributed by atoms with Crippen molar-refractivity contribution in [1.29, 1.82) is 0 Å². The average molecular weight is 247 g/mol. The second-order valence-corrected chi connectivity index (χ2v) is 4.68. The lowest BCUT2D eigenvalue weighted by Crippen LogP contribution is -2.00. The first-order valence-electron chi connectivity index (χ1n) is 5.18. The maximum atomic E-state index is 10.9. The summed E-state index contributed by atoms with van der Waals surface area (Å²) in [7, 11) is 0. The third-order valence-electron chi connectivity index (χ3n) is 2.71. The summed E-state index contributed by atoms with van der Waals surface area (Å²) in [5.41, 5.74) is 3.84. The molecule has 1 aromatic carbocycles. The largest absolute Gasteiger partial charge is 0.492 e. The molecule has 0 radical (unpaired) electrons. The van der Waals surface area contributed by atoms with Crippen LogP contribution in [0, 0.1) is 0 Å². The van der Waals surface area contributed by atoms with E-state index in [0.717, 1.165) is 17.7 Å². The number of fused-ring (bicyclic) bond motifs is 3. The van der Waals surface area contributed by atoms with Crippen molar-refractivity contribution >= 4 is 17.3 Å². The minimum Gasteiger partial charge on any atom is -0.492 e. The van der Waals surface area contributed by atoms with E-state index < -0.39 is 5.97 Å². The lowest BCUT2D eigenvalue weighted by molar-refractivity contribution is 0.0696. The molecule has 2 aromatic rings. The summed E-state index contributed by atoms with van der Waals surface area (Å²) in [5.74, 6) is -0.339. The molecule has 0 unspecified atom stereocenters. The number of carboxylic acids is 1. The number of nitrogens with zero attached hydrogens (tertiary/aromatic N) is 1. The van der Waals surface area contributed by atoms with E-state index >= 15 is 0 Å². The normalized spacial score (nSPS) is 13.2. The Morgan fingerprint density at radius 1 is 1.47 bits per heavy atom. The van der Waals surface area contributed by atoms with E-state index in [1.807, 2.05) is 5.51 Å². The molecule has 0 saturated heterocycles. The molecule has 1 N–H and O–H groups in total. The number of hydrogen-bond acceptors (Lipinski definition) is 4. The minimum absolute atomic E-state index is 0.238. The molecular weight excluding hydrogens is 238 g/mol. The van der Waals surface area contributed by atoms with Gasteiger partial charge < -0.3 is 9.84 Å². The van der Waals surface area contributed by atoms with E-state index in [1.54, 1.807) is 29.5 Å². The number of thiazole rings is 1. The second-order valence-electron chi connectivity index (χ2n) is 3.74. The Kier molecular flexibility index (Phi) is 2.33. The van der Waals surface area contributed by atoms with Crippen molar-refractivity contribution < 1.29 is 14.6 Å². The van der Waals surface area contributed by atoms with Crippen LogP contribution in [0.2, 0.25) is 0 Å². The number of carboxylic acid groups (broad SMARTS) is 1. The lowest BCUT2D eigenvalue weighted by atomic mass is 10.1. The van der Waals surface area contributed by atoms with Gasteiger partial charge in [-0.25, -0.2) is 9.78 Å². The average Bonchev–Trinajstić information content (AvgIpc) is 2.71. The molecule has 3 rings (SSSR count). The fourth-order valence-corrected chi connectivity index (χ4v) is 2.65. The predicted molar refractivity (Wildman–Crippen MR) is 63.7 cm³/mol. The molecular formula is C12H9NO3S. The van der Waals surface area contributed by atoms with Gasteiger partial charge in [-0.1, -0.05) is 0 Å². The fraction of sp³-hybridized carbons (Fsp3) is 0.167. The van der Waals surface area contributed by atoms with Gasteiger partial charge in [0.1, 0.15) is 5.75 Å². The fourth-order valence-electron chi connectivity index (χ4n) is 1.89. The van der Waals surface area contributed by atoms with Crippen LogP contribution in [-0.4, -0.2) is 22.7 Å². The highest BCUT2D eigenvalue weighted by Crippen LogP contribution is 2.36. The predicted octanol–water partition coefficient (Wildman–Crippen LogP) is 2.44. The van der Waals surface area contributed by atoms with Crippen molar-refractivity contribution in [1.82, 2.24) is 4.98 Å². The number of rotatable bonds is 1. The van der Waals surface area contributed by atoms with Gasteiger partial charge in [0.05, 0.1) is 23.4 Å². The monoisotopic (exact) mass is 247 g/mol. The van der Waals surface area contributed by atoms with E-state index in [9.17, 15) is 4.79 Å². The first kappa shape index (κ1) is 10.3.